The number of rotatable bonds is 6. The van der Waals surface area contributed by atoms with Crippen molar-refractivity contribution in [2.75, 3.05) is 20.1 Å². The standard InChI is InChI=1S/C16H24N4O/c1-4-17-16(18-10-9-15-8-6-12-21-15)20(3)13-14-7-5-11-19(14)2/h5-8,11-12H,4,9-10,13H2,1-3H3,(H,17,18). The maximum Gasteiger partial charge on any atom is 0.194 e. The Bertz CT molecular complexity index is 557. The van der Waals surface area contributed by atoms with Crippen LogP contribution in [0, 0.1) is 0 Å². The van der Waals surface area contributed by atoms with E-state index in [0.29, 0.717) is 6.54 Å². The lowest BCUT2D eigenvalue weighted by Gasteiger charge is -2.22. The molecule has 0 unspecified atom stereocenters. The summed E-state index contributed by atoms with van der Waals surface area (Å²) in [5.74, 6) is 1.89. The molecule has 2 aromatic rings. The maximum absolute atomic E-state index is 5.33. The van der Waals surface area contributed by atoms with E-state index in [1.54, 1.807) is 6.26 Å². The highest BCUT2D eigenvalue weighted by Gasteiger charge is 2.08. The summed E-state index contributed by atoms with van der Waals surface area (Å²) in [6.07, 6.45) is 4.58. The van der Waals surface area contributed by atoms with Gasteiger partial charge in [-0.05, 0) is 31.2 Å². The van der Waals surface area contributed by atoms with E-state index < -0.39 is 0 Å². The van der Waals surface area contributed by atoms with Gasteiger partial charge in [0.25, 0.3) is 0 Å². The van der Waals surface area contributed by atoms with Crippen molar-refractivity contribution >= 4 is 5.96 Å². The second kappa shape index (κ2) is 7.57. The van der Waals surface area contributed by atoms with E-state index in [9.17, 15) is 0 Å². The fourth-order valence-corrected chi connectivity index (χ4v) is 2.18. The van der Waals surface area contributed by atoms with Gasteiger partial charge in [-0.15, -0.1) is 0 Å². The molecular weight excluding hydrogens is 264 g/mol. The first-order chi connectivity index (χ1) is 10.2. The first-order valence-electron chi connectivity index (χ1n) is 7.32. The van der Waals surface area contributed by atoms with Crippen LogP contribution in [-0.4, -0.2) is 35.6 Å². The largest absolute Gasteiger partial charge is 0.469 e. The molecule has 0 saturated carbocycles. The highest BCUT2D eigenvalue weighted by molar-refractivity contribution is 5.79. The lowest BCUT2D eigenvalue weighted by molar-refractivity contribution is 0.460. The van der Waals surface area contributed by atoms with Crippen molar-refractivity contribution in [3.05, 3.63) is 48.2 Å². The number of furan rings is 1. The zero-order valence-corrected chi connectivity index (χ0v) is 13.0. The van der Waals surface area contributed by atoms with E-state index in [2.05, 4.69) is 59.1 Å². The van der Waals surface area contributed by atoms with Crippen LogP contribution in [-0.2, 0) is 20.0 Å². The lowest BCUT2D eigenvalue weighted by Crippen LogP contribution is -2.39. The SMILES string of the molecule is CCNC(=NCCc1ccco1)N(C)Cc1cccn1C. The maximum atomic E-state index is 5.33. The molecule has 0 saturated heterocycles. The summed E-state index contributed by atoms with van der Waals surface area (Å²) in [4.78, 5) is 6.80. The number of guanidine groups is 1. The van der Waals surface area contributed by atoms with Gasteiger partial charge in [0.1, 0.15) is 5.76 Å². The van der Waals surface area contributed by atoms with Gasteiger partial charge in [-0.25, -0.2) is 0 Å². The van der Waals surface area contributed by atoms with E-state index >= 15 is 0 Å². The van der Waals surface area contributed by atoms with Crippen molar-refractivity contribution < 1.29 is 4.42 Å². The molecule has 5 nitrogen and oxygen atoms in total. The molecular formula is C16H24N4O. The quantitative estimate of drug-likeness (QED) is 0.655. The third-order valence-corrected chi connectivity index (χ3v) is 3.35. The minimum atomic E-state index is 0.716. The summed E-state index contributed by atoms with van der Waals surface area (Å²) >= 11 is 0. The van der Waals surface area contributed by atoms with Gasteiger partial charge >= 0.3 is 0 Å². The van der Waals surface area contributed by atoms with Crippen LogP contribution >= 0.6 is 0 Å². The molecule has 0 aliphatic heterocycles. The van der Waals surface area contributed by atoms with Gasteiger partial charge in [0, 0.05) is 45.5 Å². The van der Waals surface area contributed by atoms with E-state index in [-0.39, 0.29) is 0 Å². The second-order valence-corrected chi connectivity index (χ2v) is 5.03. The number of nitrogens with one attached hydrogen (secondary N) is 1. The van der Waals surface area contributed by atoms with Gasteiger partial charge < -0.3 is 19.2 Å². The molecule has 0 radical (unpaired) electrons. The molecule has 0 aliphatic rings. The summed E-state index contributed by atoms with van der Waals surface area (Å²) < 4.78 is 7.46. The smallest absolute Gasteiger partial charge is 0.194 e. The van der Waals surface area contributed by atoms with Gasteiger partial charge in [0.2, 0.25) is 0 Å². The molecule has 0 amide bonds. The van der Waals surface area contributed by atoms with Crippen LogP contribution < -0.4 is 5.32 Å². The molecule has 114 valence electrons. The molecule has 0 aromatic carbocycles. The van der Waals surface area contributed by atoms with Crippen molar-refractivity contribution in [2.24, 2.45) is 12.0 Å². The lowest BCUT2D eigenvalue weighted by atomic mass is 10.3. The molecule has 0 bridgehead atoms. The van der Waals surface area contributed by atoms with Crippen molar-refractivity contribution in [3.8, 4) is 0 Å². The van der Waals surface area contributed by atoms with E-state index in [0.717, 1.165) is 31.2 Å². The summed E-state index contributed by atoms with van der Waals surface area (Å²) in [5, 5.41) is 3.33. The molecule has 1 N–H and O–H groups in total. The Hall–Kier alpha value is -2.17. The number of hydrogen-bond donors (Lipinski definition) is 1. The number of aliphatic imine (C=N–C) groups is 1. The number of nitrogens with zero attached hydrogens (tertiary/aromatic N) is 3. The van der Waals surface area contributed by atoms with Crippen LogP contribution in [0.25, 0.3) is 0 Å². The van der Waals surface area contributed by atoms with Gasteiger partial charge in [-0.3, -0.25) is 4.99 Å². The topological polar surface area (TPSA) is 45.7 Å². The first-order valence-corrected chi connectivity index (χ1v) is 7.32. The highest BCUT2D eigenvalue weighted by atomic mass is 16.3. The first kappa shape index (κ1) is 15.2. The van der Waals surface area contributed by atoms with Crippen LogP contribution in [0.2, 0.25) is 0 Å². The Kier molecular flexibility index (Phi) is 5.49. The summed E-state index contributed by atoms with van der Waals surface area (Å²) in [6.45, 7) is 4.48. The molecule has 21 heavy (non-hydrogen) atoms. The Balaban J connectivity index is 1.94. The monoisotopic (exact) mass is 288 g/mol. The average Bonchev–Trinajstić information content (AvgIpc) is 3.10. The minimum absolute atomic E-state index is 0.716. The van der Waals surface area contributed by atoms with Crippen LogP contribution in [0.4, 0.5) is 0 Å². The Morgan fingerprint density at radius 3 is 2.86 bits per heavy atom. The normalized spacial score (nSPS) is 11.7. The van der Waals surface area contributed by atoms with Gasteiger partial charge in [-0.2, -0.15) is 0 Å². The third-order valence-electron chi connectivity index (χ3n) is 3.35. The Morgan fingerprint density at radius 2 is 2.24 bits per heavy atom. The molecule has 5 heteroatoms. The molecule has 0 spiro atoms. The molecule has 0 aliphatic carbocycles. The summed E-state index contributed by atoms with van der Waals surface area (Å²) in [7, 11) is 4.12. The minimum Gasteiger partial charge on any atom is -0.469 e. The van der Waals surface area contributed by atoms with Crippen LogP contribution in [0.5, 0.6) is 0 Å². The van der Waals surface area contributed by atoms with Crippen molar-refractivity contribution in [3.63, 3.8) is 0 Å². The van der Waals surface area contributed by atoms with Gasteiger partial charge in [-0.1, -0.05) is 0 Å². The molecule has 2 aromatic heterocycles. The molecule has 0 fully saturated rings. The number of aromatic nitrogens is 1. The zero-order valence-electron chi connectivity index (χ0n) is 13.0. The fourth-order valence-electron chi connectivity index (χ4n) is 2.18. The van der Waals surface area contributed by atoms with Crippen LogP contribution in [0.3, 0.4) is 0 Å². The zero-order chi connectivity index (χ0) is 15.1. The second-order valence-electron chi connectivity index (χ2n) is 5.03. The number of aryl methyl sites for hydroxylation is 1. The van der Waals surface area contributed by atoms with E-state index in [1.807, 2.05) is 12.1 Å². The fraction of sp³-hybridized carbons (Fsp3) is 0.438. The highest BCUT2D eigenvalue weighted by Crippen LogP contribution is 2.05. The van der Waals surface area contributed by atoms with E-state index in [4.69, 9.17) is 4.42 Å². The van der Waals surface area contributed by atoms with Gasteiger partial charge in [0.05, 0.1) is 12.8 Å². The third kappa shape index (κ3) is 4.41. The van der Waals surface area contributed by atoms with E-state index in [1.165, 1.54) is 5.69 Å². The van der Waals surface area contributed by atoms with Crippen molar-refractivity contribution in [1.82, 2.24) is 14.8 Å². The Morgan fingerprint density at radius 1 is 1.38 bits per heavy atom. The average molecular weight is 288 g/mol. The molecule has 0 atom stereocenters. The van der Waals surface area contributed by atoms with Gasteiger partial charge in [0.15, 0.2) is 5.96 Å². The van der Waals surface area contributed by atoms with Crippen molar-refractivity contribution in [2.45, 2.75) is 19.9 Å². The van der Waals surface area contributed by atoms with Crippen molar-refractivity contribution in [1.29, 1.82) is 0 Å². The predicted molar refractivity (Wildman–Crippen MR) is 85.3 cm³/mol. The number of hydrogen-bond acceptors (Lipinski definition) is 2. The summed E-state index contributed by atoms with van der Waals surface area (Å²) in [5.41, 5.74) is 1.26. The van der Waals surface area contributed by atoms with Crippen LogP contribution in [0.1, 0.15) is 18.4 Å². The predicted octanol–water partition coefficient (Wildman–Crippen LogP) is 2.26. The van der Waals surface area contributed by atoms with Crippen LogP contribution in [0.15, 0.2) is 46.1 Å². The molecule has 2 heterocycles. The Labute approximate surface area is 126 Å². The molecule has 2 rings (SSSR count). The summed E-state index contributed by atoms with van der Waals surface area (Å²) in [6, 6.07) is 8.08.